The minimum absolute atomic E-state index is 0.0724. The highest BCUT2D eigenvalue weighted by atomic mass is 16.3. The number of hydrogen-bond acceptors (Lipinski definition) is 5. The smallest absolute Gasteiger partial charge is 0.259 e. The maximum Gasteiger partial charge on any atom is 0.259 e. The average molecular weight is 405 g/mol. The summed E-state index contributed by atoms with van der Waals surface area (Å²) >= 11 is 0. The molecule has 4 rings (SSSR count). The second kappa shape index (κ2) is 8.71. The molecule has 0 amide bonds. The van der Waals surface area contributed by atoms with E-state index >= 15 is 0 Å². The normalized spacial score (nSPS) is 15.9. The number of aromatic hydroxyl groups is 1. The molecule has 156 valence electrons. The average Bonchev–Trinajstić information content (AvgIpc) is 2.78. The summed E-state index contributed by atoms with van der Waals surface area (Å²) < 4.78 is 1.73. The third-order valence-corrected chi connectivity index (χ3v) is 5.88. The van der Waals surface area contributed by atoms with Gasteiger partial charge in [0.2, 0.25) is 0 Å². The van der Waals surface area contributed by atoms with Gasteiger partial charge >= 0.3 is 0 Å². The zero-order valence-corrected chi connectivity index (χ0v) is 17.5. The molecule has 1 N–H and O–H groups in total. The zero-order valence-electron chi connectivity index (χ0n) is 17.5. The third-order valence-electron chi connectivity index (χ3n) is 5.88. The first-order valence-electron chi connectivity index (χ1n) is 10.5. The van der Waals surface area contributed by atoms with E-state index in [9.17, 15) is 9.90 Å². The lowest BCUT2D eigenvalue weighted by atomic mass is 9.96. The summed E-state index contributed by atoms with van der Waals surface area (Å²) in [5.41, 5.74) is 2.13. The number of piperazine rings is 1. The highest BCUT2D eigenvalue weighted by molar-refractivity contribution is 5.42. The topological polar surface area (TPSA) is 61.6 Å². The number of nitrogens with zero attached hydrogens (tertiary/aromatic N) is 4. The Kier molecular flexibility index (Phi) is 5.86. The van der Waals surface area contributed by atoms with Gasteiger partial charge in [0.1, 0.15) is 11.6 Å². The van der Waals surface area contributed by atoms with E-state index in [0.717, 1.165) is 43.3 Å². The fourth-order valence-electron chi connectivity index (χ4n) is 4.36. The molecule has 0 aliphatic carbocycles. The van der Waals surface area contributed by atoms with Crippen molar-refractivity contribution in [3.8, 4) is 5.75 Å². The highest BCUT2D eigenvalue weighted by Gasteiger charge is 2.31. The van der Waals surface area contributed by atoms with Crippen LogP contribution in [0.5, 0.6) is 5.75 Å². The molecular weight excluding hydrogens is 376 g/mol. The predicted molar refractivity (Wildman–Crippen MR) is 119 cm³/mol. The predicted octanol–water partition coefficient (Wildman–Crippen LogP) is 3.19. The van der Waals surface area contributed by atoms with Crippen molar-refractivity contribution in [3.05, 3.63) is 88.0 Å². The van der Waals surface area contributed by atoms with E-state index in [4.69, 9.17) is 0 Å². The van der Waals surface area contributed by atoms with Gasteiger partial charge in [0, 0.05) is 44.6 Å². The van der Waals surface area contributed by atoms with Crippen LogP contribution in [0.25, 0.3) is 0 Å². The van der Waals surface area contributed by atoms with Crippen LogP contribution in [0, 0.1) is 6.92 Å². The zero-order chi connectivity index (χ0) is 21.1. The largest absolute Gasteiger partial charge is 0.507 e. The van der Waals surface area contributed by atoms with Crippen molar-refractivity contribution in [3.63, 3.8) is 0 Å². The second-order valence-corrected chi connectivity index (χ2v) is 7.66. The summed E-state index contributed by atoms with van der Waals surface area (Å²) in [5.74, 6) is 1.04. The molecule has 1 unspecified atom stereocenters. The Balaban J connectivity index is 1.71. The van der Waals surface area contributed by atoms with Crippen LogP contribution in [0.2, 0.25) is 0 Å². The number of benzene rings is 1. The molecule has 30 heavy (non-hydrogen) atoms. The Morgan fingerprint density at radius 3 is 2.37 bits per heavy atom. The van der Waals surface area contributed by atoms with Gasteiger partial charge in [-0.15, -0.1) is 0 Å². The molecule has 0 bridgehead atoms. The Hall–Kier alpha value is -3.12. The molecule has 6 nitrogen and oxygen atoms in total. The van der Waals surface area contributed by atoms with Gasteiger partial charge in [-0.3, -0.25) is 9.69 Å². The summed E-state index contributed by atoms with van der Waals surface area (Å²) in [4.78, 5) is 22.4. The summed E-state index contributed by atoms with van der Waals surface area (Å²) in [6, 6.07) is 17.4. The van der Waals surface area contributed by atoms with Gasteiger partial charge in [0.25, 0.3) is 5.56 Å². The molecule has 0 spiro atoms. The standard InChI is InChI=1S/C24H28N4O2/c1-3-28-18(2)17-20(29)22(24(28)30)23(19-9-5-4-6-10-19)27-15-13-26(14-16-27)21-11-7-8-12-25-21/h4-12,17,23,29H,3,13-16H2,1-2H3. The fraction of sp³-hybridized carbons (Fsp3) is 0.333. The fourth-order valence-corrected chi connectivity index (χ4v) is 4.36. The van der Waals surface area contributed by atoms with E-state index in [1.54, 1.807) is 10.6 Å². The number of rotatable bonds is 5. The van der Waals surface area contributed by atoms with E-state index in [-0.39, 0.29) is 17.4 Å². The number of pyridine rings is 2. The first-order valence-corrected chi connectivity index (χ1v) is 10.5. The molecular formula is C24H28N4O2. The Bertz CT molecular complexity index is 1040. The lowest BCUT2D eigenvalue weighted by Crippen LogP contribution is -2.49. The van der Waals surface area contributed by atoms with Crippen molar-refractivity contribution >= 4 is 5.82 Å². The lowest BCUT2D eigenvalue weighted by molar-refractivity contribution is 0.207. The molecule has 3 aromatic rings. The molecule has 1 atom stereocenters. The molecule has 1 aliphatic heterocycles. The van der Waals surface area contributed by atoms with E-state index in [1.807, 2.05) is 68.6 Å². The molecule has 1 aromatic carbocycles. The lowest BCUT2D eigenvalue weighted by Gasteiger charge is -2.40. The van der Waals surface area contributed by atoms with Crippen molar-refractivity contribution in [2.75, 3.05) is 31.1 Å². The van der Waals surface area contributed by atoms with Crippen LogP contribution in [0.4, 0.5) is 5.82 Å². The van der Waals surface area contributed by atoms with Crippen molar-refractivity contribution in [2.45, 2.75) is 26.4 Å². The number of anilines is 1. The van der Waals surface area contributed by atoms with Crippen LogP contribution in [0.1, 0.15) is 29.8 Å². The molecule has 2 aromatic heterocycles. The second-order valence-electron chi connectivity index (χ2n) is 7.66. The monoisotopic (exact) mass is 404 g/mol. The summed E-state index contributed by atoms with van der Waals surface area (Å²) in [6.07, 6.45) is 1.81. The molecule has 0 radical (unpaired) electrons. The molecule has 1 saturated heterocycles. The van der Waals surface area contributed by atoms with Gasteiger partial charge in [-0.2, -0.15) is 0 Å². The quantitative estimate of drug-likeness (QED) is 0.708. The minimum atomic E-state index is -0.289. The maximum atomic E-state index is 13.3. The Labute approximate surface area is 177 Å². The molecule has 0 saturated carbocycles. The maximum absolute atomic E-state index is 13.3. The SMILES string of the molecule is CCn1c(C)cc(O)c(C(c2ccccc2)N2CCN(c3ccccn3)CC2)c1=O. The Morgan fingerprint density at radius 1 is 1.03 bits per heavy atom. The van der Waals surface area contributed by atoms with Crippen molar-refractivity contribution < 1.29 is 5.11 Å². The van der Waals surface area contributed by atoms with Crippen molar-refractivity contribution in [2.24, 2.45) is 0 Å². The van der Waals surface area contributed by atoms with Crippen LogP contribution in [0.3, 0.4) is 0 Å². The molecule has 6 heteroatoms. The van der Waals surface area contributed by atoms with Crippen LogP contribution in [0.15, 0.2) is 65.6 Å². The molecule has 1 fully saturated rings. The Morgan fingerprint density at radius 2 is 1.73 bits per heavy atom. The summed E-state index contributed by atoms with van der Waals surface area (Å²) in [7, 11) is 0. The van der Waals surface area contributed by atoms with Crippen LogP contribution in [-0.4, -0.2) is 45.7 Å². The number of hydrogen-bond donors (Lipinski definition) is 1. The van der Waals surface area contributed by atoms with E-state index in [1.165, 1.54) is 0 Å². The first kappa shape index (κ1) is 20.2. The third kappa shape index (κ3) is 3.83. The van der Waals surface area contributed by atoms with Gasteiger partial charge in [0.15, 0.2) is 0 Å². The first-order chi connectivity index (χ1) is 14.6. The van der Waals surface area contributed by atoms with E-state index in [0.29, 0.717) is 12.1 Å². The van der Waals surface area contributed by atoms with Crippen LogP contribution in [-0.2, 0) is 6.54 Å². The minimum Gasteiger partial charge on any atom is -0.507 e. The number of aromatic nitrogens is 2. The van der Waals surface area contributed by atoms with E-state index < -0.39 is 0 Å². The summed E-state index contributed by atoms with van der Waals surface area (Å²) in [6.45, 7) is 7.57. The van der Waals surface area contributed by atoms with Crippen LogP contribution >= 0.6 is 0 Å². The molecule has 3 heterocycles. The van der Waals surface area contributed by atoms with Gasteiger partial charge in [-0.05, 0) is 37.6 Å². The number of aryl methyl sites for hydroxylation is 1. The van der Waals surface area contributed by atoms with Crippen molar-refractivity contribution in [1.82, 2.24) is 14.5 Å². The van der Waals surface area contributed by atoms with Gasteiger partial charge in [-0.25, -0.2) is 4.98 Å². The molecule has 1 aliphatic rings. The summed E-state index contributed by atoms with van der Waals surface area (Å²) in [5, 5.41) is 10.8. The van der Waals surface area contributed by atoms with Gasteiger partial charge in [0.05, 0.1) is 11.6 Å². The van der Waals surface area contributed by atoms with Gasteiger partial charge in [-0.1, -0.05) is 36.4 Å². The van der Waals surface area contributed by atoms with Crippen molar-refractivity contribution in [1.29, 1.82) is 0 Å². The van der Waals surface area contributed by atoms with Gasteiger partial charge < -0.3 is 14.6 Å². The van der Waals surface area contributed by atoms with Crippen LogP contribution < -0.4 is 10.5 Å². The highest BCUT2D eigenvalue weighted by Crippen LogP contribution is 2.33. The van der Waals surface area contributed by atoms with E-state index in [2.05, 4.69) is 14.8 Å².